The summed E-state index contributed by atoms with van der Waals surface area (Å²) in [5.74, 6) is 0.865. The van der Waals surface area contributed by atoms with Crippen molar-refractivity contribution in [1.82, 2.24) is 5.01 Å². The van der Waals surface area contributed by atoms with Gasteiger partial charge in [-0.05, 0) is 78.7 Å². The molecule has 2 heterocycles. The lowest BCUT2D eigenvalue weighted by Gasteiger charge is -2.23. The molecule has 10 heteroatoms. The molecule has 2 atom stereocenters. The van der Waals surface area contributed by atoms with Crippen LogP contribution in [0.15, 0.2) is 82.9 Å². The Morgan fingerprint density at radius 1 is 1.10 bits per heavy atom. The van der Waals surface area contributed by atoms with Crippen molar-refractivity contribution in [3.05, 3.63) is 88.9 Å². The van der Waals surface area contributed by atoms with Crippen LogP contribution in [0.3, 0.4) is 0 Å². The van der Waals surface area contributed by atoms with Crippen LogP contribution in [-0.4, -0.2) is 46.7 Å². The SMILES string of the molecule is CCOc1ccc(NC(=O)CC2SC(N3N=C(c4ccc(OC)cc4)CC3c3cccc(Cl)c3)=NC2=O)cc1. The number of carbonyl (C=O) groups excluding carboxylic acids is 2. The normalized spacial score (nSPS) is 18.5. The summed E-state index contributed by atoms with van der Waals surface area (Å²) < 4.78 is 10.7. The number of hydrogen-bond acceptors (Lipinski definition) is 7. The zero-order valence-electron chi connectivity index (χ0n) is 21.5. The van der Waals surface area contributed by atoms with Crippen LogP contribution in [0.1, 0.15) is 36.9 Å². The number of carbonyl (C=O) groups is 2. The quantitative estimate of drug-likeness (QED) is 0.366. The van der Waals surface area contributed by atoms with E-state index in [2.05, 4.69) is 10.3 Å². The average Bonchev–Trinajstić information content (AvgIpc) is 3.54. The van der Waals surface area contributed by atoms with Gasteiger partial charge in [0, 0.05) is 23.6 Å². The average molecular weight is 563 g/mol. The van der Waals surface area contributed by atoms with Crippen molar-refractivity contribution in [3.8, 4) is 11.5 Å². The van der Waals surface area contributed by atoms with E-state index in [0.29, 0.717) is 28.9 Å². The van der Waals surface area contributed by atoms with E-state index in [-0.39, 0.29) is 24.3 Å². The van der Waals surface area contributed by atoms with E-state index in [1.165, 1.54) is 11.8 Å². The van der Waals surface area contributed by atoms with Gasteiger partial charge in [0.05, 0.1) is 25.5 Å². The number of hydrazone groups is 1. The van der Waals surface area contributed by atoms with E-state index in [9.17, 15) is 9.59 Å². The van der Waals surface area contributed by atoms with Crippen LogP contribution in [0.5, 0.6) is 11.5 Å². The van der Waals surface area contributed by atoms with Gasteiger partial charge in [-0.1, -0.05) is 35.5 Å². The number of ether oxygens (including phenoxy) is 2. The molecule has 2 aliphatic heterocycles. The van der Waals surface area contributed by atoms with Gasteiger partial charge < -0.3 is 14.8 Å². The Morgan fingerprint density at radius 2 is 1.85 bits per heavy atom. The molecule has 8 nitrogen and oxygen atoms in total. The first-order valence-corrected chi connectivity index (χ1v) is 13.8. The van der Waals surface area contributed by atoms with E-state index in [1.807, 2.05) is 55.5 Å². The number of amidine groups is 1. The molecule has 0 fully saturated rings. The van der Waals surface area contributed by atoms with Gasteiger partial charge in [0.2, 0.25) is 5.91 Å². The number of nitrogens with one attached hydrogen (secondary N) is 1. The van der Waals surface area contributed by atoms with E-state index in [0.717, 1.165) is 28.3 Å². The minimum absolute atomic E-state index is 0.00552. The molecule has 2 unspecified atom stereocenters. The fraction of sp³-hybridized carbons (Fsp3) is 0.241. The van der Waals surface area contributed by atoms with E-state index < -0.39 is 5.25 Å². The first-order chi connectivity index (χ1) is 18.9. The summed E-state index contributed by atoms with van der Waals surface area (Å²) in [6.45, 7) is 2.47. The zero-order chi connectivity index (χ0) is 27.4. The molecule has 3 aromatic carbocycles. The largest absolute Gasteiger partial charge is 0.497 e. The molecule has 0 aromatic heterocycles. The predicted molar refractivity (Wildman–Crippen MR) is 155 cm³/mol. The number of hydrogen-bond donors (Lipinski definition) is 1. The topological polar surface area (TPSA) is 92.6 Å². The Hall–Kier alpha value is -3.82. The summed E-state index contributed by atoms with van der Waals surface area (Å²) >= 11 is 7.56. The van der Waals surface area contributed by atoms with Crippen LogP contribution in [0, 0.1) is 0 Å². The summed E-state index contributed by atoms with van der Waals surface area (Å²) in [5.41, 5.74) is 3.40. The summed E-state index contributed by atoms with van der Waals surface area (Å²) in [6.07, 6.45) is 0.595. The van der Waals surface area contributed by atoms with Crippen LogP contribution in [0.2, 0.25) is 5.02 Å². The molecule has 39 heavy (non-hydrogen) atoms. The van der Waals surface area contributed by atoms with Crippen LogP contribution in [0.25, 0.3) is 0 Å². The van der Waals surface area contributed by atoms with E-state index >= 15 is 0 Å². The second-order valence-electron chi connectivity index (χ2n) is 8.94. The minimum atomic E-state index is -0.636. The fourth-order valence-electron chi connectivity index (χ4n) is 4.40. The number of nitrogens with zero attached hydrogens (tertiary/aromatic N) is 3. The molecule has 5 rings (SSSR count). The molecular formula is C29H27ClN4O4S. The highest BCUT2D eigenvalue weighted by molar-refractivity contribution is 8.15. The van der Waals surface area contributed by atoms with Crippen molar-refractivity contribution in [2.45, 2.75) is 31.1 Å². The maximum Gasteiger partial charge on any atom is 0.262 e. The van der Waals surface area contributed by atoms with Gasteiger partial charge in [0.1, 0.15) is 16.7 Å². The molecule has 3 aromatic rings. The molecule has 0 saturated carbocycles. The van der Waals surface area contributed by atoms with Gasteiger partial charge in [-0.3, -0.25) is 9.59 Å². The number of anilines is 1. The van der Waals surface area contributed by atoms with Gasteiger partial charge >= 0.3 is 0 Å². The Morgan fingerprint density at radius 3 is 2.54 bits per heavy atom. The summed E-state index contributed by atoms with van der Waals surface area (Å²) in [4.78, 5) is 29.9. The van der Waals surface area contributed by atoms with E-state index in [4.69, 9.17) is 26.2 Å². The van der Waals surface area contributed by atoms with Crippen molar-refractivity contribution in [2.75, 3.05) is 19.0 Å². The van der Waals surface area contributed by atoms with Crippen LogP contribution in [0.4, 0.5) is 5.69 Å². The van der Waals surface area contributed by atoms with E-state index in [1.54, 1.807) is 36.4 Å². The number of rotatable bonds is 8. The molecule has 1 N–H and O–H groups in total. The third-order valence-electron chi connectivity index (χ3n) is 6.31. The lowest BCUT2D eigenvalue weighted by Crippen LogP contribution is -2.25. The predicted octanol–water partition coefficient (Wildman–Crippen LogP) is 5.93. The Labute approximate surface area is 236 Å². The summed E-state index contributed by atoms with van der Waals surface area (Å²) in [7, 11) is 1.63. The van der Waals surface area contributed by atoms with Gasteiger partial charge in [-0.25, -0.2) is 5.01 Å². The number of thioether (sulfide) groups is 1. The third kappa shape index (κ3) is 6.26. The molecule has 0 spiro atoms. The summed E-state index contributed by atoms with van der Waals surface area (Å²) in [5, 5.41) is 9.94. The lowest BCUT2D eigenvalue weighted by atomic mass is 9.98. The standard InChI is InChI=1S/C29H27ClN4O4S/c1-3-38-23-13-9-21(10-14-23)31-27(35)17-26-28(36)32-29(39-26)34-25(19-5-4-6-20(30)15-19)16-24(33-34)18-7-11-22(37-2)12-8-18/h4-15,25-26H,3,16-17H2,1-2H3,(H,31,35). The highest BCUT2D eigenvalue weighted by atomic mass is 35.5. The second-order valence-corrected chi connectivity index (χ2v) is 10.5. The van der Waals surface area contributed by atoms with Crippen LogP contribution < -0.4 is 14.8 Å². The monoisotopic (exact) mass is 562 g/mol. The van der Waals surface area contributed by atoms with Crippen molar-refractivity contribution in [3.63, 3.8) is 0 Å². The van der Waals surface area contributed by atoms with Crippen molar-refractivity contribution >= 4 is 51.7 Å². The third-order valence-corrected chi connectivity index (χ3v) is 7.69. The van der Waals surface area contributed by atoms with Gasteiger partial charge in [-0.2, -0.15) is 10.1 Å². The number of benzene rings is 3. The zero-order valence-corrected chi connectivity index (χ0v) is 23.0. The van der Waals surface area contributed by atoms with Gasteiger partial charge in [0.25, 0.3) is 5.91 Å². The summed E-state index contributed by atoms with van der Waals surface area (Å²) in [6, 6.07) is 22.2. The van der Waals surface area contributed by atoms with Crippen molar-refractivity contribution < 1.29 is 19.1 Å². The van der Waals surface area contributed by atoms with Crippen molar-refractivity contribution in [1.29, 1.82) is 0 Å². The Balaban J connectivity index is 1.31. The number of methoxy groups -OCH3 is 1. The molecule has 2 aliphatic rings. The second kappa shape index (κ2) is 11.9. The molecule has 0 bridgehead atoms. The smallest absolute Gasteiger partial charge is 0.262 e. The Kier molecular flexibility index (Phi) is 8.18. The number of aliphatic imine (C=N–C) groups is 1. The molecule has 200 valence electrons. The highest BCUT2D eigenvalue weighted by Gasteiger charge is 2.39. The maximum absolute atomic E-state index is 12.9. The first-order valence-electron chi connectivity index (χ1n) is 12.5. The van der Waals surface area contributed by atoms with Gasteiger partial charge in [-0.15, -0.1) is 0 Å². The van der Waals surface area contributed by atoms with Crippen LogP contribution in [-0.2, 0) is 9.59 Å². The molecule has 0 saturated heterocycles. The Bertz CT molecular complexity index is 1430. The molecule has 0 radical (unpaired) electrons. The fourth-order valence-corrected chi connectivity index (χ4v) is 5.66. The van der Waals surface area contributed by atoms with Crippen LogP contribution >= 0.6 is 23.4 Å². The molecule has 0 aliphatic carbocycles. The number of amides is 2. The number of halogens is 1. The molecule has 2 amide bonds. The molecular weight excluding hydrogens is 536 g/mol. The van der Waals surface area contributed by atoms with Gasteiger partial charge in [0.15, 0.2) is 5.17 Å². The lowest BCUT2D eigenvalue weighted by molar-refractivity contribution is -0.121. The highest BCUT2D eigenvalue weighted by Crippen LogP contribution is 2.39. The maximum atomic E-state index is 12.9. The first kappa shape index (κ1) is 26.8. The van der Waals surface area contributed by atoms with Crippen molar-refractivity contribution in [2.24, 2.45) is 10.1 Å². The minimum Gasteiger partial charge on any atom is -0.497 e.